The lowest BCUT2D eigenvalue weighted by molar-refractivity contribution is -0.130. The Morgan fingerprint density at radius 3 is 2.29 bits per heavy atom. The Labute approximate surface area is 164 Å². The molecule has 0 fully saturated rings. The highest BCUT2D eigenvalue weighted by molar-refractivity contribution is 6.03. The summed E-state index contributed by atoms with van der Waals surface area (Å²) in [5, 5.41) is 0. The molecule has 3 aromatic carbocycles. The first-order valence-corrected chi connectivity index (χ1v) is 9.55. The fourth-order valence-electron chi connectivity index (χ4n) is 4.44. The van der Waals surface area contributed by atoms with Gasteiger partial charge in [-0.15, -0.1) is 0 Å². The number of anilines is 1. The van der Waals surface area contributed by atoms with Crippen molar-refractivity contribution < 1.29 is 9.53 Å². The third-order valence-electron chi connectivity index (χ3n) is 5.80. The summed E-state index contributed by atoms with van der Waals surface area (Å²) in [7, 11) is 1.86. The molecule has 2 atom stereocenters. The lowest BCUT2D eigenvalue weighted by Crippen LogP contribution is -2.48. The van der Waals surface area contributed by atoms with Gasteiger partial charge in [-0.05, 0) is 29.7 Å². The maximum Gasteiger partial charge on any atom is 0.241 e. The van der Waals surface area contributed by atoms with Crippen LogP contribution in [0.25, 0.3) is 5.76 Å². The minimum Gasteiger partial charge on any atom is -0.484 e. The molecule has 3 aromatic rings. The molecule has 2 aliphatic rings. The summed E-state index contributed by atoms with van der Waals surface area (Å²) in [4.78, 5) is 15.5. The average molecular weight is 367 g/mol. The monoisotopic (exact) mass is 367 g/mol. The highest BCUT2D eigenvalue weighted by atomic mass is 16.5. The van der Waals surface area contributed by atoms with Crippen LogP contribution in [-0.2, 0) is 16.0 Å². The van der Waals surface area contributed by atoms with E-state index in [2.05, 4.69) is 12.1 Å². The van der Waals surface area contributed by atoms with Crippen LogP contribution >= 0.6 is 0 Å². The maximum absolute atomic E-state index is 13.7. The SMILES string of the molecule is CN1C(=O)C2(C=C(c3ccccc3)OC2c2ccccc2)Cc2ccccc21. The van der Waals surface area contributed by atoms with Crippen LogP contribution in [0.15, 0.2) is 91.0 Å². The van der Waals surface area contributed by atoms with Gasteiger partial charge in [-0.1, -0.05) is 78.9 Å². The summed E-state index contributed by atoms with van der Waals surface area (Å²) in [5.41, 5.74) is 3.40. The highest BCUT2D eigenvalue weighted by Crippen LogP contribution is 2.54. The number of para-hydroxylation sites is 1. The summed E-state index contributed by atoms with van der Waals surface area (Å²) >= 11 is 0. The first kappa shape index (κ1) is 16.8. The molecule has 0 saturated heterocycles. The lowest BCUT2D eigenvalue weighted by atomic mass is 9.71. The van der Waals surface area contributed by atoms with Gasteiger partial charge in [-0.3, -0.25) is 4.79 Å². The number of rotatable bonds is 2. The summed E-state index contributed by atoms with van der Waals surface area (Å²) in [6.45, 7) is 0. The molecule has 2 unspecified atom stereocenters. The van der Waals surface area contributed by atoms with Crippen molar-refractivity contribution >= 4 is 17.4 Å². The molecule has 1 amide bonds. The summed E-state index contributed by atoms with van der Waals surface area (Å²) < 4.78 is 6.47. The number of hydrogen-bond acceptors (Lipinski definition) is 2. The van der Waals surface area contributed by atoms with Crippen molar-refractivity contribution in [3.05, 3.63) is 108 Å². The topological polar surface area (TPSA) is 29.5 Å². The van der Waals surface area contributed by atoms with Crippen LogP contribution in [0.4, 0.5) is 5.69 Å². The van der Waals surface area contributed by atoms with E-state index in [-0.39, 0.29) is 12.0 Å². The average Bonchev–Trinajstić information content (AvgIpc) is 3.14. The first-order chi connectivity index (χ1) is 13.7. The van der Waals surface area contributed by atoms with Gasteiger partial charge in [0.25, 0.3) is 0 Å². The Balaban J connectivity index is 1.69. The molecule has 2 heterocycles. The minimum absolute atomic E-state index is 0.0750. The van der Waals surface area contributed by atoms with Crippen LogP contribution in [0.2, 0.25) is 0 Å². The Bertz CT molecular complexity index is 1060. The van der Waals surface area contributed by atoms with Crippen molar-refractivity contribution in [1.29, 1.82) is 0 Å². The molecule has 0 aromatic heterocycles. The molecule has 3 heteroatoms. The second-order valence-electron chi connectivity index (χ2n) is 7.49. The number of carbonyl (C=O) groups excluding carboxylic acids is 1. The quantitative estimate of drug-likeness (QED) is 0.638. The third kappa shape index (κ3) is 2.47. The number of fused-ring (bicyclic) bond motifs is 1. The van der Waals surface area contributed by atoms with Crippen LogP contribution in [0.1, 0.15) is 22.8 Å². The van der Waals surface area contributed by atoms with Gasteiger partial charge in [0.1, 0.15) is 17.3 Å². The van der Waals surface area contributed by atoms with E-state index in [0.29, 0.717) is 6.42 Å². The van der Waals surface area contributed by atoms with Crippen molar-refractivity contribution in [3.63, 3.8) is 0 Å². The van der Waals surface area contributed by atoms with E-state index in [4.69, 9.17) is 4.74 Å². The van der Waals surface area contributed by atoms with Gasteiger partial charge in [-0.25, -0.2) is 0 Å². The fourth-order valence-corrected chi connectivity index (χ4v) is 4.44. The number of nitrogens with zero attached hydrogens (tertiary/aromatic N) is 1. The molecule has 0 bridgehead atoms. The molecule has 0 N–H and O–H groups in total. The van der Waals surface area contributed by atoms with Crippen molar-refractivity contribution in [2.24, 2.45) is 5.41 Å². The van der Waals surface area contributed by atoms with Crippen LogP contribution in [0.3, 0.4) is 0 Å². The van der Waals surface area contributed by atoms with Gasteiger partial charge in [-0.2, -0.15) is 0 Å². The fraction of sp³-hybridized carbons (Fsp3) is 0.160. The number of amides is 1. The Hall–Kier alpha value is -3.33. The Morgan fingerprint density at radius 2 is 1.54 bits per heavy atom. The van der Waals surface area contributed by atoms with Gasteiger partial charge < -0.3 is 9.64 Å². The highest BCUT2D eigenvalue weighted by Gasteiger charge is 2.54. The molecular formula is C25H21NO2. The first-order valence-electron chi connectivity index (χ1n) is 9.55. The van der Waals surface area contributed by atoms with E-state index in [9.17, 15) is 4.79 Å². The second kappa shape index (κ2) is 6.38. The molecule has 0 saturated carbocycles. The zero-order valence-corrected chi connectivity index (χ0v) is 15.7. The smallest absolute Gasteiger partial charge is 0.241 e. The molecule has 3 nitrogen and oxygen atoms in total. The van der Waals surface area contributed by atoms with Crippen LogP contribution in [0, 0.1) is 5.41 Å². The van der Waals surface area contributed by atoms with Crippen LogP contribution < -0.4 is 4.90 Å². The predicted molar refractivity (Wildman–Crippen MR) is 111 cm³/mol. The third-order valence-corrected chi connectivity index (χ3v) is 5.80. The Morgan fingerprint density at radius 1 is 0.893 bits per heavy atom. The van der Waals surface area contributed by atoms with Crippen molar-refractivity contribution in [2.75, 3.05) is 11.9 Å². The van der Waals surface area contributed by atoms with E-state index in [1.165, 1.54) is 5.56 Å². The number of carbonyl (C=O) groups is 1. The van der Waals surface area contributed by atoms with Gasteiger partial charge in [0.2, 0.25) is 5.91 Å². The molecule has 28 heavy (non-hydrogen) atoms. The molecule has 0 radical (unpaired) electrons. The van der Waals surface area contributed by atoms with Crippen LogP contribution in [0.5, 0.6) is 0 Å². The number of benzene rings is 3. The predicted octanol–water partition coefficient (Wildman–Crippen LogP) is 5.00. The van der Waals surface area contributed by atoms with Crippen LogP contribution in [-0.4, -0.2) is 13.0 Å². The van der Waals surface area contributed by atoms with Crippen molar-refractivity contribution in [1.82, 2.24) is 0 Å². The molecular weight excluding hydrogens is 346 g/mol. The zero-order valence-electron chi connectivity index (χ0n) is 15.7. The Kier molecular flexibility index (Phi) is 3.83. The molecule has 2 aliphatic heterocycles. The summed E-state index contributed by atoms with van der Waals surface area (Å²) in [6.07, 6.45) is 2.32. The molecule has 0 aliphatic carbocycles. The normalized spacial score (nSPS) is 23.3. The van der Waals surface area contributed by atoms with Crippen molar-refractivity contribution in [3.8, 4) is 0 Å². The molecule has 5 rings (SSSR count). The van der Waals surface area contributed by atoms with E-state index in [1.54, 1.807) is 4.90 Å². The maximum atomic E-state index is 13.7. The number of ether oxygens (including phenoxy) is 1. The standard InChI is InChI=1S/C25H21NO2/c1-26-21-15-9-8-14-20(21)16-25(24(26)27)17-22(18-10-4-2-5-11-18)28-23(25)19-12-6-3-7-13-19/h2-15,17,23H,16H2,1H3. The largest absolute Gasteiger partial charge is 0.484 e. The van der Waals surface area contributed by atoms with Gasteiger partial charge in [0, 0.05) is 18.3 Å². The van der Waals surface area contributed by atoms with E-state index >= 15 is 0 Å². The van der Waals surface area contributed by atoms with Gasteiger partial charge in [0.15, 0.2) is 0 Å². The van der Waals surface area contributed by atoms with E-state index in [1.807, 2.05) is 85.9 Å². The van der Waals surface area contributed by atoms with Crippen molar-refractivity contribution in [2.45, 2.75) is 12.5 Å². The molecule has 1 spiro atoms. The summed E-state index contributed by atoms with van der Waals surface area (Å²) in [5.74, 6) is 0.849. The van der Waals surface area contributed by atoms with E-state index < -0.39 is 5.41 Å². The zero-order chi connectivity index (χ0) is 19.1. The van der Waals surface area contributed by atoms with Gasteiger partial charge in [0.05, 0.1) is 0 Å². The van der Waals surface area contributed by atoms with E-state index in [0.717, 1.165) is 22.6 Å². The number of hydrogen-bond donors (Lipinski definition) is 0. The summed E-state index contributed by atoms with van der Waals surface area (Å²) in [6, 6.07) is 28.2. The molecule has 138 valence electrons. The second-order valence-corrected chi connectivity index (χ2v) is 7.49. The lowest BCUT2D eigenvalue weighted by Gasteiger charge is -2.40. The minimum atomic E-state index is -0.754. The van der Waals surface area contributed by atoms with Gasteiger partial charge >= 0.3 is 0 Å².